The lowest BCUT2D eigenvalue weighted by molar-refractivity contribution is 0.245. The number of hydrogen-bond acceptors (Lipinski definition) is 4. The van der Waals surface area contributed by atoms with Gasteiger partial charge in [0.1, 0.15) is 17.3 Å². The number of aryl methyl sites for hydroxylation is 1. The van der Waals surface area contributed by atoms with E-state index in [0.717, 1.165) is 5.56 Å². The summed E-state index contributed by atoms with van der Waals surface area (Å²) in [5.74, 6) is 0.146. The standard InChI is InChI=1S/C12H11BrClNO4S/c1-7-2-3-9(14)10(4-7)15-20(17,18)11-5-8(6-16)19-12(11)13/h2-5,15-16H,6H2,1H3. The van der Waals surface area contributed by atoms with E-state index in [4.69, 9.17) is 21.1 Å². The smallest absolute Gasteiger partial charge is 0.266 e. The first-order valence-electron chi connectivity index (χ1n) is 5.51. The summed E-state index contributed by atoms with van der Waals surface area (Å²) in [6.07, 6.45) is 0. The van der Waals surface area contributed by atoms with Crippen molar-refractivity contribution in [1.29, 1.82) is 0 Å². The quantitative estimate of drug-likeness (QED) is 0.853. The van der Waals surface area contributed by atoms with Gasteiger partial charge in [0.2, 0.25) is 0 Å². The van der Waals surface area contributed by atoms with Crippen molar-refractivity contribution in [3.63, 3.8) is 0 Å². The van der Waals surface area contributed by atoms with E-state index in [1.807, 2.05) is 6.92 Å². The van der Waals surface area contributed by atoms with Gasteiger partial charge in [0, 0.05) is 6.07 Å². The molecule has 0 bridgehead atoms. The van der Waals surface area contributed by atoms with Crippen LogP contribution in [0.15, 0.2) is 38.2 Å². The summed E-state index contributed by atoms with van der Waals surface area (Å²) < 4.78 is 32.0. The minimum Gasteiger partial charge on any atom is -0.450 e. The van der Waals surface area contributed by atoms with Crippen LogP contribution in [0.5, 0.6) is 0 Å². The molecule has 0 saturated carbocycles. The number of sulfonamides is 1. The summed E-state index contributed by atoms with van der Waals surface area (Å²) in [6.45, 7) is 1.44. The zero-order valence-electron chi connectivity index (χ0n) is 10.4. The Bertz CT molecular complexity index is 742. The van der Waals surface area contributed by atoms with E-state index in [9.17, 15) is 8.42 Å². The number of anilines is 1. The van der Waals surface area contributed by atoms with Gasteiger partial charge >= 0.3 is 0 Å². The maximum atomic E-state index is 12.3. The summed E-state index contributed by atoms with van der Waals surface area (Å²) in [5, 5.41) is 9.25. The van der Waals surface area contributed by atoms with Crippen molar-refractivity contribution in [3.8, 4) is 0 Å². The molecule has 2 aromatic rings. The van der Waals surface area contributed by atoms with Gasteiger partial charge in [0.15, 0.2) is 4.67 Å². The average molecular weight is 381 g/mol. The van der Waals surface area contributed by atoms with Crippen LogP contribution < -0.4 is 4.72 Å². The van der Waals surface area contributed by atoms with Gasteiger partial charge in [-0.15, -0.1) is 0 Å². The van der Waals surface area contributed by atoms with E-state index in [2.05, 4.69) is 20.7 Å². The molecule has 108 valence electrons. The molecule has 0 atom stereocenters. The summed E-state index contributed by atoms with van der Waals surface area (Å²) in [5.41, 5.74) is 1.15. The second kappa shape index (κ2) is 5.77. The Kier molecular flexibility index (Phi) is 4.43. The molecule has 5 nitrogen and oxygen atoms in total. The number of hydrogen-bond donors (Lipinski definition) is 2. The third-order valence-corrected chi connectivity index (χ3v) is 5.07. The van der Waals surface area contributed by atoms with Gasteiger partial charge in [-0.1, -0.05) is 17.7 Å². The summed E-state index contributed by atoms with van der Waals surface area (Å²) >= 11 is 8.97. The fraction of sp³-hybridized carbons (Fsp3) is 0.167. The lowest BCUT2D eigenvalue weighted by atomic mass is 10.2. The van der Waals surface area contributed by atoms with Gasteiger partial charge in [-0.25, -0.2) is 8.42 Å². The number of aliphatic hydroxyl groups is 1. The van der Waals surface area contributed by atoms with Crippen molar-refractivity contribution in [2.45, 2.75) is 18.4 Å². The zero-order valence-corrected chi connectivity index (χ0v) is 13.5. The molecule has 0 unspecified atom stereocenters. The minimum absolute atomic E-state index is 0.0258. The fourth-order valence-electron chi connectivity index (χ4n) is 1.58. The van der Waals surface area contributed by atoms with Gasteiger partial charge in [-0.2, -0.15) is 0 Å². The Morgan fingerprint density at radius 1 is 1.40 bits per heavy atom. The number of furan rings is 1. The number of rotatable bonds is 4. The number of halogens is 2. The molecule has 0 radical (unpaired) electrons. The first-order valence-corrected chi connectivity index (χ1v) is 8.17. The van der Waals surface area contributed by atoms with Crippen molar-refractivity contribution in [2.24, 2.45) is 0 Å². The van der Waals surface area contributed by atoms with E-state index in [1.165, 1.54) is 6.07 Å². The maximum absolute atomic E-state index is 12.3. The van der Waals surface area contributed by atoms with E-state index in [0.29, 0.717) is 5.02 Å². The Labute approximate surface area is 129 Å². The van der Waals surface area contributed by atoms with Crippen LogP contribution in [0.2, 0.25) is 5.02 Å². The van der Waals surface area contributed by atoms with Gasteiger partial charge in [0.05, 0.1) is 10.7 Å². The molecule has 0 spiro atoms. The summed E-state index contributed by atoms with van der Waals surface area (Å²) in [4.78, 5) is -0.0980. The van der Waals surface area contributed by atoms with E-state index in [1.54, 1.807) is 18.2 Å². The van der Waals surface area contributed by atoms with Crippen LogP contribution in [0.4, 0.5) is 5.69 Å². The highest BCUT2D eigenvalue weighted by Gasteiger charge is 2.23. The number of nitrogens with one attached hydrogen (secondary N) is 1. The van der Waals surface area contributed by atoms with Crippen LogP contribution in [0, 0.1) is 6.92 Å². The average Bonchev–Trinajstić information content (AvgIpc) is 2.76. The molecule has 0 aliphatic rings. The van der Waals surface area contributed by atoms with Crippen LogP contribution in [0.25, 0.3) is 0 Å². The Morgan fingerprint density at radius 2 is 2.10 bits per heavy atom. The van der Waals surface area contributed by atoms with Gasteiger partial charge in [0.25, 0.3) is 10.0 Å². The highest BCUT2D eigenvalue weighted by molar-refractivity contribution is 9.10. The van der Waals surface area contributed by atoms with Crippen molar-refractivity contribution in [1.82, 2.24) is 0 Å². The van der Waals surface area contributed by atoms with E-state index < -0.39 is 10.0 Å². The van der Waals surface area contributed by atoms with E-state index in [-0.39, 0.29) is 27.6 Å². The molecule has 0 saturated heterocycles. The molecule has 2 N–H and O–H groups in total. The van der Waals surface area contributed by atoms with E-state index >= 15 is 0 Å². The van der Waals surface area contributed by atoms with Crippen molar-refractivity contribution >= 4 is 43.2 Å². The minimum atomic E-state index is -3.86. The molecule has 0 aliphatic heterocycles. The number of benzene rings is 1. The molecule has 0 amide bonds. The van der Waals surface area contributed by atoms with Crippen molar-refractivity contribution in [2.75, 3.05) is 4.72 Å². The van der Waals surface area contributed by atoms with Gasteiger partial charge < -0.3 is 9.52 Å². The molecule has 2 rings (SSSR count). The van der Waals surface area contributed by atoms with Crippen LogP contribution in [-0.2, 0) is 16.6 Å². The monoisotopic (exact) mass is 379 g/mol. The van der Waals surface area contributed by atoms with Crippen molar-refractivity contribution in [3.05, 3.63) is 45.3 Å². The molecular weight excluding hydrogens is 370 g/mol. The fourth-order valence-corrected chi connectivity index (χ4v) is 3.87. The molecule has 1 aromatic heterocycles. The SMILES string of the molecule is Cc1ccc(Cl)c(NS(=O)(=O)c2cc(CO)oc2Br)c1. The Hall–Kier alpha value is -1.02. The molecule has 1 aromatic carbocycles. The first kappa shape index (κ1) is 15.4. The predicted octanol–water partition coefficient (Wildman–Crippen LogP) is 3.30. The molecular formula is C12H11BrClNO4S. The lowest BCUT2D eigenvalue weighted by Crippen LogP contribution is -2.13. The summed E-state index contributed by atoms with van der Waals surface area (Å²) in [6, 6.07) is 6.26. The molecule has 20 heavy (non-hydrogen) atoms. The second-order valence-corrected chi connectivity index (χ2v) is 6.88. The van der Waals surface area contributed by atoms with Gasteiger partial charge in [-0.05, 0) is 40.5 Å². The van der Waals surface area contributed by atoms with Crippen LogP contribution in [0.1, 0.15) is 11.3 Å². The third kappa shape index (κ3) is 3.17. The Morgan fingerprint density at radius 3 is 2.70 bits per heavy atom. The third-order valence-electron chi connectivity index (χ3n) is 2.52. The number of aliphatic hydroxyl groups excluding tert-OH is 1. The van der Waals surface area contributed by atoms with Crippen molar-refractivity contribution < 1.29 is 17.9 Å². The topological polar surface area (TPSA) is 79.5 Å². The lowest BCUT2D eigenvalue weighted by Gasteiger charge is -2.09. The second-order valence-electron chi connectivity index (χ2n) is 4.10. The largest absolute Gasteiger partial charge is 0.450 e. The predicted molar refractivity (Wildman–Crippen MR) is 79.3 cm³/mol. The van der Waals surface area contributed by atoms with Crippen LogP contribution in [-0.4, -0.2) is 13.5 Å². The van der Waals surface area contributed by atoms with Crippen LogP contribution in [0.3, 0.4) is 0 Å². The molecule has 8 heteroatoms. The highest BCUT2D eigenvalue weighted by atomic mass is 79.9. The Balaban J connectivity index is 2.40. The summed E-state index contributed by atoms with van der Waals surface area (Å²) in [7, 11) is -3.86. The van der Waals surface area contributed by atoms with Gasteiger partial charge in [-0.3, -0.25) is 4.72 Å². The zero-order chi connectivity index (χ0) is 14.9. The normalized spacial score (nSPS) is 11.6. The maximum Gasteiger partial charge on any atom is 0.266 e. The van der Waals surface area contributed by atoms with Crippen LogP contribution >= 0.6 is 27.5 Å². The first-order chi connectivity index (χ1) is 9.33. The highest BCUT2D eigenvalue weighted by Crippen LogP contribution is 2.30. The molecule has 1 heterocycles. The molecule has 0 aliphatic carbocycles. The molecule has 0 fully saturated rings.